The Morgan fingerprint density at radius 1 is 1.31 bits per heavy atom. The molecule has 76 valence electrons. The molecular formula is C10H19IN2. The van der Waals surface area contributed by atoms with Crippen LogP contribution in [0.25, 0.3) is 0 Å². The molecule has 0 amide bonds. The Hall–Kier alpha value is 0.650. The monoisotopic (exact) mass is 294 g/mol. The molecule has 0 radical (unpaired) electrons. The summed E-state index contributed by atoms with van der Waals surface area (Å²) in [5.41, 5.74) is 1.01. The summed E-state index contributed by atoms with van der Waals surface area (Å²) in [5.74, 6) is 0. The number of hydrogen-bond donors (Lipinski definition) is 1. The molecule has 13 heavy (non-hydrogen) atoms. The lowest BCUT2D eigenvalue weighted by Gasteiger charge is -2.60. The van der Waals surface area contributed by atoms with Crippen LogP contribution in [0.4, 0.5) is 0 Å². The minimum atomic E-state index is 0.393. The predicted octanol–water partition coefficient (Wildman–Crippen LogP) is 1.84. The summed E-state index contributed by atoms with van der Waals surface area (Å²) in [7, 11) is 0. The van der Waals surface area contributed by atoms with Gasteiger partial charge in [0.2, 0.25) is 0 Å². The molecule has 0 aromatic carbocycles. The lowest BCUT2D eigenvalue weighted by molar-refractivity contribution is -0.0418. The third-order valence-electron chi connectivity index (χ3n) is 4.18. The third-order valence-corrected chi connectivity index (χ3v) is 5.14. The van der Waals surface area contributed by atoms with Gasteiger partial charge < -0.3 is 5.32 Å². The SMILES string of the molecule is CC1(C)NCC12CCN(CI)CC2. The topological polar surface area (TPSA) is 15.3 Å². The highest BCUT2D eigenvalue weighted by Gasteiger charge is 2.53. The fraction of sp³-hybridized carbons (Fsp3) is 1.00. The number of piperidine rings is 1. The van der Waals surface area contributed by atoms with Gasteiger partial charge in [0.1, 0.15) is 0 Å². The molecule has 3 heteroatoms. The van der Waals surface area contributed by atoms with Gasteiger partial charge in [-0.1, -0.05) is 22.6 Å². The van der Waals surface area contributed by atoms with Crippen LogP contribution in [0, 0.1) is 5.41 Å². The molecule has 2 saturated heterocycles. The van der Waals surface area contributed by atoms with Crippen molar-refractivity contribution in [3.8, 4) is 0 Å². The van der Waals surface area contributed by atoms with Gasteiger partial charge in [0.25, 0.3) is 0 Å². The fourth-order valence-corrected chi connectivity index (χ4v) is 3.28. The summed E-state index contributed by atoms with van der Waals surface area (Å²) < 4.78 is 1.20. The zero-order valence-electron chi connectivity index (χ0n) is 8.57. The Kier molecular flexibility index (Phi) is 2.62. The molecule has 0 aromatic rings. The molecule has 0 saturated carbocycles. The van der Waals surface area contributed by atoms with E-state index in [9.17, 15) is 0 Å². The number of rotatable bonds is 1. The van der Waals surface area contributed by atoms with Crippen molar-refractivity contribution in [2.75, 3.05) is 24.2 Å². The van der Waals surface area contributed by atoms with E-state index in [-0.39, 0.29) is 0 Å². The standard InChI is InChI=1S/C10H19IN2/c1-9(2)10(7-12-9)3-5-13(8-11)6-4-10/h12H,3-8H2,1-2H3. The molecule has 2 aliphatic rings. The second-order valence-electron chi connectivity index (χ2n) is 5.00. The second-order valence-corrected chi connectivity index (χ2v) is 5.68. The first-order valence-corrected chi connectivity index (χ1v) is 6.66. The van der Waals surface area contributed by atoms with Crippen LogP contribution in [0.2, 0.25) is 0 Å². The quantitative estimate of drug-likeness (QED) is 0.451. The lowest BCUT2D eigenvalue weighted by atomic mass is 9.59. The number of hydrogen-bond acceptors (Lipinski definition) is 2. The highest BCUT2D eigenvalue weighted by atomic mass is 127. The molecule has 2 nitrogen and oxygen atoms in total. The molecule has 0 atom stereocenters. The summed E-state index contributed by atoms with van der Waals surface area (Å²) in [4.78, 5) is 2.56. The molecule has 1 spiro atoms. The van der Waals surface area contributed by atoms with E-state index in [2.05, 4.69) is 46.7 Å². The van der Waals surface area contributed by atoms with Crippen molar-refractivity contribution in [1.29, 1.82) is 0 Å². The van der Waals surface area contributed by atoms with E-state index in [4.69, 9.17) is 0 Å². The van der Waals surface area contributed by atoms with Gasteiger partial charge in [-0.2, -0.15) is 0 Å². The van der Waals surface area contributed by atoms with Gasteiger partial charge in [-0.05, 0) is 39.8 Å². The Morgan fingerprint density at radius 2 is 1.92 bits per heavy atom. The maximum absolute atomic E-state index is 3.56. The average Bonchev–Trinajstić information content (AvgIpc) is 2.16. The number of nitrogens with zero attached hydrogens (tertiary/aromatic N) is 1. The van der Waals surface area contributed by atoms with Crippen molar-refractivity contribution in [3.63, 3.8) is 0 Å². The van der Waals surface area contributed by atoms with Crippen LogP contribution in [-0.4, -0.2) is 34.6 Å². The van der Waals surface area contributed by atoms with Crippen LogP contribution in [0.3, 0.4) is 0 Å². The highest BCUT2D eigenvalue weighted by Crippen LogP contribution is 2.47. The second kappa shape index (κ2) is 3.35. The highest BCUT2D eigenvalue weighted by molar-refractivity contribution is 14.1. The van der Waals surface area contributed by atoms with Gasteiger partial charge in [0.15, 0.2) is 0 Å². The minimum absolute atomic E-state index is 0.393. The molecule has 1 N–H and O–H groups in total. The fourth-order valence-electron chi connectivity index (χ4n) is 2.59. The predicted molar refractivity (Wildman–Crippen MR) is 64.2 cm³/mol. The van der Waals surface area contributed by atoms with E-state index >= 15 is 0 Å². The van der Waals surface area contributed by atoms with Crippen molar-refractivity contribution in [2.45, 2.75) is 32.2 Å². The van der Waals surface area contributed by atoms with Crippen molar-refractivity contribution >= 4 is 22.6 Å². The maximum atomic E-state index is 3.56. The summed E-state index contributed by atoms with van der Waals surface area (Å²) in [6.45, 7) is 8.56. The Bertz CT molecular complexity index is 195. The third kappa shape index (κ3) is 1.53. The average molecular weight is 294 g/mol. The first-order chi connectivity index (χ1) is 6.10. The Balaban J connectivity index is 1.97. The van der Waals surface area contributed by atoms with E-state index in [1.807, 2.05) is 0 Å². The summed E-state index contributed by atoms with van der Waals surface area (Å²) >= 11 is 2.47. The largest absolute Gasteiger partial charge is 0.311 e. The van der Waals surface area contributed by atoms with Crippen LogP contribution < -0.4 is 5.32 Å². The van der Waals surface area contributed by atoms with Crippen LogP contribution in [-0.2, 0) is 0 Å². The smallest absolute Gasteiger partial charge is 0.0505 e. The Morgan fingerprint density at radius 3 is 2.23 bits per heavy atom. The summed E-state index contributed by atoms with van der Waals surface area (Å²) in [5, 5.41) is 3.56. The van der Waals surface area contributed by atoms with Gasteiger partial charge in [0, 0.05) is 17.5 Å². The van der Waals surface area contributed by atoms with E-state index in [1.54, 1.807) is 0 Å². The molecular weight excluding hydrogens is 275 g/mol. The Labute approximate surface area is 94.6 Å². The molecule has 0 aromatic heterocycles. The van der Waals surface area contributed by atoms with Crippen molar-refractivity contribution in [2.24, 2.45) is 5.41 Å². The molecule has 2 aliphatic heterocycles. The van der Waals surface area contributed by atoms with Gasteiger partial charge >= 0.3 is 0 Å². The van der Waals surface area contributed by atoms with Crippen molar-refractivity contribution in [1.82, 2.24) is 10.2 Å². The zero-order chi connectivity index (χ0) is 9.53. The number of alkyl halides is 1. The van der Waals surface area contributed by atoms with Gasteiger partial charge in [-0.3, -0.25) is 4.90 Å². The minimum Gasteiger partial charge on any atom is -0.311 e. The molecule has 2 fully saturated rings. The van der Waals surface area contributed by atoms with Gasteiger partial charge in [0.05, 0.1) is 4.55 Å². The number of nitrogens with one attached hydrogen (secondary N) is 1. The normalized spacial score (nSPS) is 31.6. The van der Waals surface area contributed by atoms with E-state index in [0.29, 0.717) is 11.0 Å². The van der Waals surface area contributed by atoms with Crippen LogP contribution in [0.1, 0.15) is 26.7 Å². The van der Waals surface area contributed by atoms with Gasteiger partial charge in [-0.15, -0.1) is 0 Å². The first-order valence-electron chi connectivity index (χ1n) is 5.13. The summed E-state index contributed by atoms with van der Waals surface area (Å²) in [6.07, 6.45) is 2.77. The molecule has 2 rings (SSSR count). The van der Waals surface area contributed by atoms with Crippen molar-refractivity contribution in [3.05, 3.63) is 0 Å². The lowest BCUT2D eigenvalue weighted by Crippen LogP contribution is -2.72. The molecule has 0 unspecified atom stereocenters. The molecule has 0 aliphatic carbocycles. The van der Waals surface area contributed by atoms with Crippen molar-refractivity contribution < 1.29 is 0 Å². The van der Waals surface area contributed by atoms with Gasteiger partial charge in [-0.25, -0.2) is 0 Å². The summed E-state index contributed by atoms with van der Waals surface area (Å²) in [6, 6.07) is 0. The van der Waals surface area contributed by atoms with Crippen LogP contribution >= 0.6 is 22.6 Å². The zero-order valence-corrected chi connectivity index (χ0v) is 10.7. The first kappa shape index (κ1) is 10.2. The molecule has 0 bridgehead atoms. The van der Waals surface area contributed by atoms with E-state index in [1.165, 1.54) is 37.0 Å². The number of halogens is 1. The van der Waals surface area contributed by atoms with E-state index < -0.39 is 0 Å². The van der Waals surface area contributed by atoms with Crippen LogP contribution in [0.5, 0.6) is 0 Å². The van der Waals surface area contributed by atoms with Crippen LogP contribution in [0.15, 0.2) is 0 Å². The molecule has 2 heterocycles. The van der Waals surface area contributed by atoms with E-state index in [0.717, 1.165) is 0 Å². The maximum Gasteiger partial charge on any atom is 0.0505 e. The number of likely N-dealkylation sites (tertiary alicyclic amines) is 1.